The number of rotatable bonds is 10. The quantitative estimate of drug-likeness (QED) is 0.494. The molecule has 6 nitrogen and oxygen atoms in total. The molecule has 0 spiro atoms. The number of nitrogens with one attached hydrogen (secondary N) is 1. The monoisotopic (exact) mass is 364 g/mol. The third-order valence-corrected chi connectivity index (χ3v) is 5.20. The normalized spacial score (nSPS) is 11.7. The lowest BCUT2D eigenvalue weighted by atomic mass is 10.2. The summed E-state index contributed by atoms with van der Waals surface area (Å²) in [5, 5.41) is 30.9. The first kappa shape index (κ1) is 18.5. The highest BCUT2D eigenvalue weighted by Gasteiger charge is 2.10. The average molecular weight is 364 g/mol. The van der Waals surface area contributed by atoms with Gasteiger partial charge >= 0.3 is 0 Å². The Bertz CT molecular complexity index is 655. The molecule has 0 aliphatic rings. The van der Waals surface area contributed by atoms with E-state index in [4.69, 9.17) is 10.00 Å². The molecule has 2 rings (SSSR count). The van der Waals surface area contributed by atoms with Crippen molar-refractivity contribution in [3.63, 3.8) is 0 Å². The molecule has 0 saturated heterocycles. The molecule has 0 amide bonds. The minimum Gasteiger partial charge on any atom is -0.491 e. The highest BCUT2D eigenvalue weighted by atomic mass is 32.2. The van der Waals surface area contributed by atoms with E-state index in [0.29, 0.717) is 17.1 Å². The van der Waals surface area contributed by atoms with E-state index in [2.05, 4.69) is 28.5 Å². The van der Waals surface area contributed by atoms with Gasteiger partial charge in [-0.05, 0) is 30.7 Å². The Morgan fingerprint density at radius 3 is 2.88 bits per heavy atom. The predicted molar refractivity (Wildman–Crippen MR) is 96.7 cm³/mol. The number of thioether (sulfide) groups is 1. The van der Waals surface area contributed by atoms with Crippen molar-refractivity contribution in [2.45, 2.75) is 30.2 Å². The van der Waals surface area contributed by atoms with Gasteiger partial charge in [-0.25, -0.2) is 0 Å². The second-order valence-corrected chi connectivity index (χ2v) is 7.31. The molecule has 1 aromatic carbocycles. The molecule has 2 N–H and O–H groups in total. The number of aliphatic hydroxyl groups excluding tert-OH is 1. The highest BCUT2D eigenvalue weighted by Crippen LogP contribution is 2.26. The van der Waals surface area contributed by atoms with Crippen molar-refractivity contribution in [1.29, 1.82) is 5.26 Å². The van der Waals surface area contributed by atoms with Crippen molar-refractivity contribution in [3.05, 3.63) is 29.8 Å². The first-order valence-corrected chi connectivity index (χ1v) is 9.52. The number of unbranched alkanes of at least 4 members (excludes halogenated alkanes) is 1. The van der Waals surface area contributed by atoms with Gasteiger partial charge in [-0.1, -0.05) is 36.4 Å². The van der Waals surface area contributed by atoms with Crippen molar-refractivity contribution >= 4 is 28.2 Å². The summed E-state index contributed by atoms with van der Waals surface area (Å²) in [6, 6.07) is 8.86. The van der Waals surface area contributed by atoms with Gasteiger partial charge in [0.2, 0.25) is 5.13 Å². The minimum atomic E-state index is -0.606. The van der Waals surface area contributed by atoms with Crippen LogP contribution in [0.5, 0.6) is 5.75 Å². The lowest BCUT2D eigenvalue weighted by Gasteiger charge is -2.11. The minimum absolute atomic E-state index is 0.194. The van der Waals surface area contributed by atoms with Gasteiger partial charge in [-0.2, -0.15) is 5.26 Å². The molecular formula is C16H20N4O2S2. The summed E-state index contributed by atoms with van der Waals surface area (Å²) in [7, 11) is 0. The van der Waals surface area contributed by atoms with Gasteiger partial charge in [-0.15, -0.1) is 10.2 Å². The number of hydrogen-bond donors (Lipinski definition) is 2. The number of aliphatic hydroxyl groups is 1. The van der Waals surface area contributed by atoms with E-state index in [9.17, 15) is 5.11 Å². The molecule has 1 aromatic heterocycles. The van der Waals surface area contributed by atoms with Gasteiger partial charge < -0.3 is 15.2 Å². The van der Waals surface area contributed by atoms with Gasteiger partial charge in [0, 0.05) is 12.3 Å². The van der Waals surface area contributed by atoms with Gasteiger partial charge in [0.1, 0.15) is 12.4 Å². The van der Waals surface area contributed by atoms with Crippen molar-refractivity contribution in [2.24, 2.45) is 0 Å². The Morgan fingerprint density at radius 1 is 1.38 bits per heavy atom. The van der Waals surface area contributed by atoms with Crippen LogP contribution in [0.15, 0.2) is 28.6 Å². The summed E-state index contributed by atoms with van der Waals surface area (Å²) >= 11 is 2.95. The third kappa shape index (κ3) is 6.35. The van der Waals surface area contributed by atoms with Crippen LogP contribution in [0.1, 0.15) is 25.3 Å². The summed E-state index contributed by atoms with van der Waals surface area (Å²) in [5.74, 6) is 1.12. The van der Waals surface area contributed by atoms with E-state index in [-0.39, 0.29) is 6.61 Å². The highest BCUT2D eigenvalue weighted by molar-refractivity contribution is 8.01. The van der Waals surface area contributed by atoms with Gasteiger partial charge in [0.25, 0.3) is 0 Å². The van der Waals surface area contributed by atoms with E-state index < -0.39 is 6.10 Å². The summed E-state index contributed by atoms with van der Waals surface area (Å²) in [6.45, 7) is 3.24. The summed E-state index contributed by atoms with van der Waals surface area (Å²) in [5.41, 5.74) is 0.582. The summed E-state index contributed by atoms with van der Waals surface area (Å²) in [4.78, 5) is 0. The lowest BCUT2D eigenvalue weighted by molar-refractivity contribution is 0.126. The van der Waals surface area contributed by atoms with E-state index in [0.717, 1.165) is 28.9 Å². The summed E-state index contributed by atoms with van der Waals surface area (Å²) in [6.07, 6.45) is 1.64. The molecule has 0 saturated carbocycles. The maximum atomic E-state index is 10.00. The first-order chi connectivity index (χ1) is 11.7. The Hall–Kier alpha value is -1.82. The number of ether oxygens (including phenoxy) is 1. The smallest absolute Gasteiger partial charge is 0.206 e. The topological polar surface area (TPSA) is 91.1 Å². The molecule has 1 atom stereocenters. The number of hydrogen-bond acceptors (Lipinski definition) is 8. The molecule has 8 heteroatoms. The van der Waals surface area contributed by atoms with Crippen LogP contribution in [0.2, 0.25) is 0 Å². The van der Waals surface area contributed by atoms with Gasteiger partial charge in [0.05, 0.1) is 17.7 Å². The van der Waals surface area contributed by atoms with Crippen LogP contribution in [0.25, 0.3) is 0 Å². The fourth-order valence-electron chi connectivity index (χ4n) is 1.75. The molecule has 0 fully saturated rings. The van der Waals surface area contributed by atoms with Crippen LogP contribution in [0.3, 0.4) is 0 Å². The molecule has 0 bridgehead atoms. The molecule has 1 heterocycles. The number of nitriles is 1. The molecule has 1 unspecified atom stereocenters. The molecule has 128 valence electrons. The Morgan fingerprint density at radius 2 is 2.17 bits per heavy atom. The van der Waals surface area contributed by atoms with Crippen LogP contribution in [-0.2, 0) is 0 Å². The maximum absolute atomic E-state index is 10.00. The van der Waals surface area contributed by atoms with Gasteiger partial charge in [-0.3, -0.25) is 0 Å². The molecular weight excluding hydrogens is 344 g/mol. The van der Waals surface area contributed by atoms with Crippen LogP contribution < -0.4 is 10.1 Å². The van der Waals surface area contributed by atoms with Crippen LogP contribution in [-0.4, -0.2) is 40.3 Å². The predicted octanol–water partition coefficient (Wildman–Crippen LogP) is 3.15. The Labute approximate surface area is 149 Å². The maximum Gasteiger partial charge on any atom is 0.206 e. The summed E-state index contributed by atoms with van der Waals surface area (Å²) < 4.78 is 6.33. The fourth-order valence-corrected chi connectivity index (χ4v) is 3.45. The van der Waals surface area contributed by atoms with E-state index >= 15 is 0 Å². The average Bonchev–Trinajstić information content (AvgIpc) is 3.06. The van der Waals surface area contributed by atoms with Crippen molar-refractivity contribution in [1.82, 2.24) is 10.2 Å². The molecule has 0 aliphatic carbocycles. The zero-order chi connectivity index (χ0) is 17.2. The number of benzene rings is 1. The number of nitrogens with zero attached hydrogens (tertiary/aromatic N) is 3. The van der Waals surface area contributed by atoms with Crippen LogP contribution in [0, 0.1) is 11.3 Å². The molecule has 0 radical (unpaired) electrons. The van der Waals surface area contributed by atoms with E-state index in [1.54, 1.807) is 24.3 Å². The standard InChI is InChI=1S/C16H20N4O2S2/c1-2-3-8-18-15-19-20-16(24-15)23-11-13(21)10-22-14-6-4-12(9-17)5-7-14/h4-7,13,21H,2-3,8,10-11H2,1H3,(H,18,19). The van der Waals surface area contributed by atoms with Crippen molar-refractivity contribution in [3.8, 4) is 11.8 Å². The second-order valence-electron chi connectivity index (χ2n) is 5.07. The van der Waals surface area contributed by atoms with Gasteiger partial charge in [0.15, 0.2) is 4.34 Å². The first-order valence-electron chi connectivity index (χ1n) is 7.72. The molecule has 24 heavy (non-hydrogen) atoms. The van der Waals surface area contributed by atoms with Crippen LogP contribution >= 0.6 is 23.1 Å². The molecule has 2 aromatic rings. The van der Waals surface area contributed by atoms with Crippen molar-refractivity contribution in [2.75, 3.05) is 24.2 Å². The Kier molecular flexibility index (Phi) is 7.82. The lowest BCUT2D eigenvalue weighted by Crippen LogP contribution is -2.20. The fraction of sp³-hybridized carbons (Fsp3) is 0.438. The van der Waals surface area contributed by atoms with E-state index in [1.807, 2.05) is 0 Å². The number of anilines is 1. The van der Waals surface area contributed by atoms with E-state index in [1.165, 1.54) is 23.1 Å². The third-order valence-electron chi connectivity index (χ3n) is 3.04. The molecule has 0 aliphatic heterocycles. The zero-order valence-electron chi connectivity index (χ0n) is 13.4. The van der Waals surface area contributed by atoms with Crippen molar-refractivity contribution < 1.29 is 9.84 Å². The Balaban J connectivity index is 1.68. The number of aromatic nitrogens is 2. The van der Waals surface area contributed by atoms with Crippen LogP contribution in [0.4, 0.5) is 5.13 Å². The second kappa shape index (κ2) is 10.1. The largest absolute Gasteiger partial charge is 0.491 e. The SMILES string of the molecule is CCCCNc1nnc(SCC(O)COc2ccc(C#N)cc2)s1. The zero-order valence-corrected chi connectivity index (χ0v) is 15.1.